The van der Waals surface area contributed by atoms with E-state index in [1.807, 2.05) is 11.3 Å². The van der Waals surface area contributed by atoms with Gasteiger partial charge in [-0.3, -0.25) is 0 Å². The van der Waals surface area contributed by atoms with E-state index < -0.39 is 0 Å². The summed E-state index contributed by atoms with van der Waals surface area (Å²) in [7, 11) is 4.35. The third-order valence-electron chi connectivity index (χ3n) is 5.83. The Labute approximate surface area is 148 Å². The number of ether oxygens (including phenoxy) is 1. The van der Waals surface area contributed by atoms with Crippen LogP contribution in [-0.4, -0.2) is 41.1 Å². The first kappa shape index (κ1) is 16.3. The average molecular weight is 346 g/mol. The van der Waals surface area contributed by atoms with E-state index in [-0.39, 0.29) is 5.41 Å². The van der Waals surface area contributed by atoms with Crippen LogP contribution in [-0.2, 0) is 11.8 Å². The Bertz CT molecular complexity index is 744. The molecule has 4 nitrogen and oxygen atoms in total. The molecule has 5 heteroatoms. The van der Waals surface area contributed by atoms with Crippen LogP contribution in [0.1, 0.15) is 56.4 Å². The topological polar surface area (TPSA) is 38.2 Å². The summed E-state index contributed by atoms with van der Waals surface area (Å²) in [6.07, 6.45) is 8.98. The lowest BCUT2D eigenvalue weighted by Gasteiger charge is -2.32. The van der Waals surface area contributed by atoms with Crippen molar-refractivity contribution in [1.82, 2.24) is 14.9 Å². The lowest BCUT2D eigenvalue weighted by Crippen LogP contribution is -2.35. The van der Waals surface area contributed by atoms with Crippen molar-refractivity contribution in [3.63, 3.8) is 0 Å². The van der Waals surface area contributed by atoms with Crippen LogP contribution < -0.4 is 4.74 Å². The van der Waals surface area contributed by atoms with Crippen LogP contribution in [0, 0.1) is 0 Å². The van der Waals surface area contributed by atoms with Crippen molar-refractivity contribution >= 4 is 21.6 Å². The molecule has 2 aliphatic carbocycles. The van der Waals surface area contributed by atoms with Crippen molar-refractivity contribution < 1.29 is 4.74 Å². The van der Waals surface area contributed by atoms with E-state index in [1.54, 1.807) is 6.33 Å². The van der Waals surface area contributed by atoms with Gasteiger partial charge in [-0.05, 0) is 63.6 Å². The van der Waals surface area contributed by atoms with Crippen molar-refractivity contribution in [1.29, 1.82) is 0 Å². The Hall–Kier alpha value is -1.20. The molecule has 24 heavy (non-hydrogen) atoms. The van der Waals surface area contributed by atoms with E-state index in [4.69, 9.17) is 4.74 Å². The quantitative estimate of drug-likeness (QED) is 0.837. The molecule has 1 fully saturated rings. The molecule has 0 unspecified atom stereocenters. The van der Waals surface area contributed by atoms with E-state index in [1.165, 1.54) is 35.1 Å². The first-order valence-corrected chi connectivity index (χ1v) is 9.87. The molecule has 2 aromatic rings. The molecule has 0 bridgehead atoms. The number of fused-ring (bicyclic) bond motifs is 3. The smallest absolute Gasteiger partial charge is 0.225 e. The van der Waals surface area contributed by atoms with E-state index in [0.717, 1.165) is 30.0 Å². The zero-order valence-electron chi connectivity index (χ0n) is 15.1. The lowest BCUT2D eigenvalue weighted by atomic mass is 9.86. The highest BCUT2D eigenvalue weighted by molar-refractivity contribution is 7.19. The largest absolute Gasteiger partial charge is 0.474 e. The third kappa shape index (κ3) is 2.72. The van der Waals surface area contributed by atoms with Gasteiger partial charge in [0, 0.05) is 10.9 Å². The zero-order chi connectivity index (χ0) is 16.9. The van der Waals surface area contributed by atoms with Crippen LogP contribution in [0.5, 0.6) is 5.88 Å². The molecule has 2 aliphatic rings. The van der Waals surface area contributed by atoms with Gasteiger partial charge in [-0.25, -0.2) is 9.97 Å². The summed E-state index contributed by atoms with van der Waals surface area (Å²) in [5.41, 5.74) is 1.65. The Morgan fingerprint density at radius 2 is 1.92 bits per heavy atom. The monoisotopic (exact) mass is 345 g/mol. The first-order valence-electron chi connectivity index (χ1n) is 9.05. The minimum atomic E-state index is 0.207. The Morgan fingerprint density at radius 3 is 2.62 bits per heavy atom. The summed E-state index contributed by atoms with van der Waals surface area (Å²) in [4.78, 5) is 14.0. The van der Waals surface area contributed by atoms with E-state index >= 15 is 0 Å². The molecule has 4 rings (SSSR count). The maximum absolute atomic E-state index is 6.41. The summed E-state index contributed by atoms with van der Waals surface area (Å²) in [6.45, 7) is 4.67. The second-order valence-electron chi connectivity index (χ2n) is 8.16. The second kappa shape index (κ2) is 5.95. The van der Waals surface area contributed by atoms with Gasteiger partial charge in [0.2, 0.25) is 5.88 Å². The highest BCUT2D eigenvalue weighted by Crippen LogP contribution is 2.49. The number of nitrogens with zero attached hydrogens (tertiary/aromatic N) is 3. The molecule has 1 saturated carbocycles. The van der Waals surface area contributed by atoms with Gasteiger partial charge in [-0.1, -0.05) is 13.8 Å². The van der Waals surface area contributed by atoms with Gasteiger partial charge >= 0.3 is 0 Å². The fraction of sp³-hybridized carbons (Fsp3) is 0.684. The van der Waals surface area contributed by atoms with Crippen molar-refractivity contribution in [3.05, 3.63) is 16.8 Å². The van der Waals surface area contributed by atoms with Crippen molar-refractivity contribution in [3.8, 4) is 5.88 Å². The molecule has 0 atom stereocenters. The molecular weight excluding hydrogens is 318 g/mol. The molecule has 2 aromatic heterocycles. The highest BCUT2D eigenvalue weighted by Gasteiger charge is 2.36. The van der Waals surface area contributed by atoms with Gasteiger partial charge in [-0.15, -0.1) is 11.3 Å². The van der Waals surface area contributed by atoms with E-state index in [9.17, 15) is 0 Å². The molecule has 0 radical (unpaired) electrons. The Morgan fingerprint density at radius 1 is 1.17 bits per heavy atom. The number of aromatic nitrogens is 2. The average Bonchev–Trinajstić information content (AvgIpc) is 3.06. The lowest BCUT2D eigenvalue weighted by molar-refractivity contribution is 0.108. The molecule has 0 N–H and O–H groups in total. The maximum Gasteiger partial charge on any atom is 0.225 e. The first-order chi connectivity index (χ1) is 11.5. The molecule has 2 heterocycles. The van der Waals surface area contributed by atoms with Gasteiger partial charge in [0.1, 0.15) is 17.3 Å². The number of hydrogen-bond acceptors (Lipinski definition) is 5. The van der Waals surface area contributed by atoms with Crippen LogP contribution in [0.2, 0.25) is 0 Å². The predicted octanol–water partition coefficient (Wildman–Crippen LogP) is 4.17. The Kier molecular flexibility index (Phi) is 4.04. The van der Waals surface area contributed by atoms with Crippen molar-refractivity contribution in [2.75, 3.05) is 14.1 Å². The molecule has 0 aromatic carbocycles. The minimum absolute atomic E-state index is 0.207. The van der Waals surface area contributed by atoms with Gasteiger partial charge in [0.15, 0.2) is 0 Å². The van der Waals surface area contributed by atoms with Crippen LogP contribution in [0.4, 0.5) is 0 Å². The van der Waals surface area contributed by atoms with Crippen molar-refractivity contribution in [2.24, 2.45) is 0 Å². The normalized spacial score (nSPS) is 26.0. The van der Waals surface area contributed by atoms with Gasteiger partial charge in [0.25, 0.3) is 0 Å². The standard InChI is InChI=1S/C19H27N3OS/c1-19(2)10-9-14-16(19)15-17(20-11-21-18(15)24-14)23-13-7-5-12(6-8-13)22(3)4/h11-13H,5-10H2,1-4H3/t12-,13-. The summed E-state index contributed by atoms with van der Waals surface area (Å²) in [6, 6.07) is 0.694. The van der Waals surface area contributed by atoms with E-state index in [0.29, 0.717) is 12.1 Å². The molecular formula is C19H27N3OS. The van der Waals surface area contributed by atoms with E-state index in [2.05, 4.69) is 42.8 Å². The van der Waals surface area contributed by atoms with Crippen molar-refractivity contribution in [2.45, 2.75) is 69.9 Å². The molecule has 0 spiro atoms. The van der Waals surface area contributed by atoms with Gasteiger partial charge in [0.05, 0.1) is 5.39 Å². The number of aryl methyl sites for hydroxylation is 1. The number of rotatable bonds is 3. The second-order valence-corrected chi connectivity index (χ2v) is 9.24. The highest BCUT2D eigenvalue weighted by atomic mass is 32.1. The predicted molar refractivity (Wildman–Crippen MR) is 99.1 cm³/mol. The molecule has 0 saturated heterocycles. The SMILES string of the molecule is CN(C)[C@H]1CC[C@H](Oc2ncnc3sc4c(c23)C(C)(C)CC4)CC1. The Balaban J connectivity index is 1.62. The summed E-state index contributed by atoms with van der Waals surface area (Å²) < 4.78 is 6.41. The summed E-state index contributed by atoms with van der Waals surface area (Å²) in [5, 5.41) is 1.19. The van der Waals surface area contributed by atoms with Gasteiger partial charge < -0.3 is 9.64 Å². The van der Waals surface area contributed by atoms with Crippen LogP contribution in [0.25, 0.3) is 10.2 Å². The molecule has 0 amide bonds. The maximum atomic E-state index is 6.41. The fourth-order valence-corrected chi connectivity index (χ4v) is 5.63. The minimum Gasteiger partial charge on any atom is -0.474 e. The van der Waals surface area contributed by atoms with Crippen LogP contribution in [0.3, 0.4) is 0 Å². The number of hydrogen-bond donors (Lipinski definition) is 0. The third-order valence-corrected chi connectivity index (χ3v) is 6.99. The van der Waals surface area contributed by atoms with Crippen LogP contribution >= 0.6 is 11.3 Å². The van der Waals surface area contributed by atoms with Gasteiger partial charge in [-0.2, -0.15) is 0 Å². The molecule has 130 valence electrons. The summed E-state index contributed by atoms with van der Waals surface area (Å²) in [5.74, 6) is 0.820. The zero-order valence-corrected chi connectivity index (χ0v) is 15.9. The number of thiophene rings is 1. The summed E-state index contributed by atoms with van der Waals surface area (Å²) >= 11 is 1.83. The molecule has 0 aliphatic heterocycles. The van der Waals surface area contributed by atoms with Crippen LogP contribution in [0.15, 0.2) is 6.33 Å². The fourth-order valence-electron chi connectivity index (χ4n) is 4.32.